The number of rotatable bonds is 4. The number of halogens is 1. The second-order valence-electron chi connectivity index (χ2n) is 4.19. The Morgan fingerprint density at radius 1 is 1.35 bits per heavy atom. The molecule has 0 amide bonds. The van der Waals surface area contributed by atoms with Crippen LogP contribution in [0.5, 0.6) is 0 Å². The van der Waals surface area contributed by atoms with E-state index in [1.807, 2.05) is 25.1 Å². The van der Waals surface area contributed by atoms with Crippen LogP contribution in [0.15, 0.2) is 39.5 Å². The Morgan fingerprint density at radius 2 is 2.18 bits per heavy atom. The molecule has 0 fully saturated rings. The van der Waals surface area contributed by atoms with Gasteiger partial charge < -0.3 is 5.11 Å². The molecule has 3 heteroatoms. The Kier molecular flexibility index (Phi) is 4.37. The lowest BCUT2D eigenvalue weighted by Gasteiger charge is -2.13. The van der Waals surface area contributed by atoms with Crippen molar-refractivity contribution in [3.05, 3.63) is 56.2 Å². The topological polar surface area (TPSA) is 20.2 Å². The molecule has 0 aliphatic carbocycles. The molecule has 2 aromatic rings. The Hall–Kier alpha value is -0.640. The highest BCUT2D eigenvalue weighted by Crippen LogP contribution is 2.25. The lowest BCUT2D eigenvalue weighted by Crippen LogP contribution is -2.01. The van der Waals surface area contributed by atoms with E-state index >= 15 is 0 Å². The third kappa shape index (κ3) is 3.41. The van der Waals surface area contributed by atoms with Crippen molar-refractivity contribution in [2.45, 2.75) is 25.9 Å². The summed E-state index contributed by atoms with van der Waals surface area (Å²) >= 11 is 5.15. The van der Waals surface area contributed by atoms with Gasteiger partial charge >= 0.3 is 0 Å². The van der Waals surface area contributed by atoms with E-state index in [4.69, 9.17) is 0 Å². The van der Waals surface area contributed by atoms with Crippen molar-refractivity contribution >= 4 is 27.3 Å². The third-order valence-electron chi connectivity index (χ3n) is 2.89. The number of benzene rings is 1. The lowest BCUT2D eigenvalue weighted by molar-refractivity contribution is 0.167. The van der Waals surface area contributed by atoms with Crippen molar-refractivity contribution in [2.75, 3.05) is 0 Å². The molecule has 1 heterocycles. The van der Waals surface area contributed by atoms with Crippen LogP contribution in [0.2, 0.25) is 0 Å². The van der Waals surface area contributed by atoms with Gasteiger partial charge in [-0.2, -0.15) is 11.3 Å². The minimum absolute atomic E-state index is 0.382. The quantitative estimate of drug-likeness (QED) is 0.882. The molecule has 1 N–H and O–H groups in total. The molecule has 1 aromatic carbocycles. The van der Waals surface area contributed by atoms with E-state index in [1.54, 1.807) is 11.3 Å². The van der Waals surface area contributed by atoms with Crippen LogP contribution in [0.3, 0.4) is 0 Å². The van der Waals surface area contributed by atoms with E-state index in [-0.39, 0.29) is 6.10 Å². The van der Waals surface area contributed by atoms with Crippen LogP contribution in [0.25, 0.3) is 0 Å². The molecule has 17 heavy (non-hydrogen) atoms. The summed E-state index contributed by atoms with van der Waals surface area (Å²) in [7, 11) is 0. The summed E-state index contributed by atoms with van der Waals surface area (Å²) < 4.78 is 1.02. The van der Waals surface area contributed by atoms with E-state index in [0.717, 1.165) is 28.4 Å². The molecule has 0 spiro atoms. The van der Waals surface area contributed by atoms with Crippen LogP contribution in [-0.2, 0) is 6.42 Å². The van der Waals surface area contributed by atoms with Crippen molar-refractivity contribution < 1.29 is 5.11 Å². The fourth-order valence-electron chi connectivity index (χ4n) is 1.86. The van der Waals surface area contributed by atoms with Gasteiger partial charge in [-0.3, -0.25) is 0 Å². The van der Waals surface area contributed by atoms with Crippen LogP contribution in [0.4, 0.5) is 0 Å². The summed E-state index contributed by atoms with van der Waals surface area (Å²) in [5.74, 6) is 0. The summed E-state index contributed by atoms with van der Waals surface area (Å²) in [6.45, 7) is 2.04. The molecule has 0 radical (unpaired) electrons. The van der Waals surface area contributed by atoms with Crippen LogP contribution < -0.4 is 0 Å². The minimum Gasteiger partial charge on any atom is -0.388 e. The molecule has 2 rings (SSSR count). The Labute approximate surface area is 114 Å². The fraction of sp³-hybridized carbons (Fsp3) is 0.286. The van der Waals surface area contributed by atoms with Crippen LogP contribution in [-0.4, -0.2) is 5.11 Å². The first-order chi connectivity index (χ1) is 8.16. The molecule has 0 aliphatic heterocycles. The van der Waals surface area contributed by atoms with Gasteiger partial charge in [-0.25, -0.2) is 0 Å². The Bertz CT molecular complexity index is 479. The zero-order valence-corrected chi connectivity index (χ0v) is 12.1. The molecule has 1 atom stereocenters. The summed E-state index contributed by atoms with van der Waals surface area (Å²) in [5.41, 5.74) is 3.47. The molecule has 1 aromatic heterocycles. The van der Waals surface area contributed by atoms with E-state index < -0.39 is 0 Å². The Morgan fingerprint density at radius 3 is 2.88 bits per heavy atom. The molecular weight excluding hydrogens is 296 g/mol. The van der Waals surface area contributed by atoms with Gasteiger partial charge in [0.15, 0.2) is 0 Å². The first-order valence-corrected chi connectivity index (χ1v) is 7.35. The molecular formula is C14H15BrOS. The summed E-state index contributed by atoms with van der Waals surface area (Å²) in [4.78, 5) is 0. The normalized spacial score (nSPS) is 12.6. The first kappa shape index (κ1) is 12.8. The number of hydrogen-bond donors (Lipinski definition) is 1. The zero-order valence-electron chi connectivity index (χ0n) is 9.69. The monoisotopic (exact) mass is 310 g/mol. The molecule has 90 valence electrons. The van der Waals surface area contributed by atoms with Gasteiger partial charge in [-0.1, -0.05) is 22.0 Å². The highest BCUT2D eigenvalue weighted by Gasteiger charge is 2.11. The molecule has 1 nitrogen and oxygen atoms in total. The van der Waals surface area contributed by atoms with Gasteiger partial charge in [-0.15, -0.1) is 0 Å². The standard InChI is InChI=1S/C14H15BrOS/c1-10-2-4-12(15)8-13(10)14(16)5-3-11-6-7-17-9-11/h2,4,6-9,14,16H,3,5H2,1H3. The lowest BCUT2D eigenvalue weighted by atomic mass is 9.99. The molecule has 0 saturated carbocycles. The first-order valence-electron chi connectivity index (χ1n) is 5.62. The molecule has 0 aliphatic rings. The van der Waals surface area contributed by atoms with Crippen LogP contribution >= 0.6 is 27.3 Å². The smallest absolute Gasteiger partial charge is 0.0796 e. The third-order valence-corrected chi connectivity index (χ3v) is 4.11. The number of hydrogen-bond acceptors (Lipinski definition) is 2. The van der Waals surface area contributed by atoms with Gasteiger partial charge in [0.2, 0.25) is 0 Å². The highest BCUT2D eigenvalue weighted by molar-refractivity contribution is 9.10. The average molecular weight is 311 g/mol. The maximum absolute atomic E-state index is 10.2. The van der Waals surface area contributed by atoms with Crippen molar-refractivity contribution in [2.24, 2.45) is 0 Å². The highest BCUT2D eigenvalue weighted by atomic mass is 79.9. The maximum Gasteiger partial charge on any atom is 0.0796 e. The fourth-order valence-corrected chi connectivity index (χ4v) is 2.95. The number of aryl methyl sites for hydroxylation is 2. The second-order valence-corrected chi connectivity index (χ2v) is 5.88. The summed E-state index contributed by atoms with van der Waals surface area (Å²) in [6.07, 6.45) is 1.32. The van der Waals surface area contributed by atoms with Crippen molar-refractivity contribution in [1.82, 2.24) is 0 Å². The van der Waals surface area contributed by atoms with Crippen LogP contribution in [0, 0.1) is 6.92 Å². The zero-order chi connectivity index (χ0) is 12.3. The summed E-state index contributed by atoms with van der Waals surface area (Å²) in [5, 5.41) is 14.4. The van der Waals surface area contributed by atoms with E-state index in [9.17, 15) is 5.11 Å². The maximum atomic E-state index is 10.2. The van der Waals surface area contributed by atoms with E-state index in [2.05, 4.69) is 32.8 Å². The molecule has 0 bridgehead atoms. The van der Waals surface area contributed by atoms with Gasteiger partial charge in [0, 0.05) is 4.47 Å². The number of aliphatic hydroxyl groups excluding tert-OH is 1. The van der Waals surface area contributed by atoms with Gasteiger partial charge in [0.05, 0.1) is 6.10 Å². The van der Waals surface area contributed by atoms with Gasteiger partial charge in [0.1, 0.15) is 0 Å². The molecule has 1 unspecified atom stereocenters. The SMILES string of the molecule is Cc1ccc(Br)cc1C(O)CCc1ccsc1. The van der Waals surface area contributed by atoms with Crippen molar-refractivity contribution in [3.8, 4) is 0 Å². The van der Waals surface area contributed by atoms with Gasteiger partial charge in [0.25, 0.3) is 0 Å². The number of aliphatic hydroxyl groups is 1. The Balaban J connectivity index is 2.04. The molecule has 0 saturated heterocycles. The minimum atomic E-state index is -0.382. The van der Waals surface area contributed by atoms with Crippen LogP contribution in [0.1, 0.15) is 29.2 Å². The average Bonchev–Trinajstić information content (AvgIpc) is 2.82. The largest absolute Gasteiger partial charge is 0.388 e. The predicted octanol–water partition coefficient (Wildman–Crippen LogP) is 4.49. The van der Waals surface area contributed by atoms with Crippen molar-refractivity contribution in [1.29, 1.82) is 0 Å². The van der Waals surface area contributed by atoms with E-state index in [1.165, 1.54) is 5.56 Å². The second kappa shape index (κ2) is 5.80. The van der Waals surface area contributed by atoms with Gasteiger partial charge in [-0.05, 0) is 65.4 Å². The van der Waals surface area contributed by atoms with E-state index in [0.29, 0.717) is 0 Å². The number of thiophene rings is 1. The van der Waals surface area contributed by atoms with Crippen molar-refractivity contribution in [3.63, 3.8) is 0 Å². The summed E-state index contributed by atoms with van der Waals surface area (Å²) in [6, 6.07) is 8.16. The predicted molar refractivity (Wildman–Crippen MR) is 76.5 cm³/mol.